The molecule has 1 aromatic rings. The Morgan fingerprint density at radius 3 is 2.35 bits per heavy atom. The van der Waals surface area contributed by atoms with Crippen molar-refractivity contribution < 1.29 is 27.5 Å². The zero-order valence-corrected chi connectivity index (χ0v) is 8.67. The van der Waals surface area contributed by atoms with Crippen molar-refractivity contribution >= 4 is 17.7 Å². The van der Waals surface area contributed by atoms with E-state index in [0.717, 1.165) is 0 Å². The van der Waals surface area contributed by atoms with Crippen molar-refractivity contribution in [1.82, 2.24) is 0 Å². The topological polar surface area (TPSA) is 55.4 Å². The molecule has 0 fully saturated rings. The van der Waals surface area contributed by atoms with Crippen LogP contribution in [0.3, 0.4) is 0 Å². The Bertz CT molecular complexity index is 443. The van der Waals surface area contributed by atoms with Gasteiger partial charge in [-0.3, -0.25) is 5.32 Å². The van der Waals surface area contributed by atoms with Gasteiger partial charge in [0.25, 0.3) is 0 Å². The summed E-state index contributed by atoms with van der Waals surface area (Å²) in [5, 5.41) is 2.03. The maximum Gasteiger partial charge on any atom is 0.491 e. The molecule has 0 atom stereocenters. The van der Waals surface area contributed by atoms with Crippen molar-refractivity contribution in [2.75, 3.05) is 5.32 Å². The Labute approximate surface area is 94.4 Å². The van der Waals surface area contributed by atoms with E-state index in [9.17, 15) is 22.8 Å². The van der Waals surface area contributed by atoms with Gasteiger partial charge in [-0.05, 0) is 18.6 Å². The van der Waals surface area contributed by atoms with Crippen LogP contribution in [0.5, 0.6) is 0 Å². The van der Waals surface area contributed by atoms with Crippen LogP contribution in [0.1, 0.15) is 5.56 Å². The van der Waals surface area contributed by atoms with E-state index >= 15 is 0 Å². The van der Waals surface area contributed by atoms with Crippen LogP contribution in [0.25, 0.3) is 0 Å². The predicted molar refractivity (Wildman–Crippen MR) is 52.3 cm³/mol. The fraction of sp³-hybridized carbons (Fsp3) is 0.200. The second kappa shape index (κ2) is 4.86. The first-order valence-corrected chi connectivity index (χ1v) is 4.46. The molecule has 0 saturated heterocycles. The zero-order chi connectivity index (χ0) is 13.1. The SMILES string of the molecule is Cc1ccccc1NC(=O)OC(=O)C(F)(F)F. The summed E-state index contributed by atoms with van der Waals surface area (Å²) in [5.41, 5.74) is 0.899. The standard InChI is InChI=1S/C10H8F3NO3/c1-6-4-2-3-5-7(6)14-9(16)17-8(15)10(11,12)13/h2-5H,1H3,(H,14,16). The molecule has 1 N–H and O–H groups in total. The quantitative estimate of drug-likeness (QED) is 0.613. The van der Waals surface area contributed by atoms with Crippen molar-refractivity contribution in [3.63, 3.8) is 0 Å². The van der Waals surface area contributed by atoms with Crippen LogP contribution in [0, 0.1) is 6.92 Å². The first kappa shape index (κ1) is 13.0. The number of rotatable bonds is 1. The van der Waals surface area contributed by atoms with Crippen LogP contribution in [-0.2, 0) is 9.53 Å². The van der Waals surface area contributed by atoms with Crippen LogP contribution in [0.15, 0.2) is 24.3 Å². The lowest BCUT2D eigenvalue weighted by atomic mass is 10.2. The molecule has 0 aliphatic heterocycles. The molecule has 0 heterocycles. The number of benzene rings is 1. The highest BCUT2D eigenvalue weighted by Crippen LogP contribution is 2.18. The maximum atomic E-state index is 11.8. The molecular formula is C10H8F3NO3. The van der Waals surface area contributed by atoms with Crippen molar-refractivity contribution in [3.05, 3.63) is 29.8 Å². The second-order valence-electron chi connectivity index (χ2n) is 3.11. The highest BCUT2D eigenvalue weighted by Gasteiger charge is 2.42. The molecule has 17 heavy (non-hydrogen) atoms. The zero-order valence-electron chi connectivity index (χ0n) is 8.67. The highest BCUT2D eigenvalue weighted by atomic mass is 19.4. The molecule has 1 amide bonds. The van der Waals surface area contributed by atoms with Crippen molar-refractivity contribution in [1.29, 1.82) is 0 Å². The molecule has 7 heteroatoms. The van der Waals surface area contributed by atoms with E-state index in [0.29, 0.717) is 5.56 Å². The van der Waals surface area contributed by atoms with Gasteiger partial charge in [0.15, 0.2) is 0 Å². The minimum Gasteiger partial charge on any atom is -0.369 e. The normalized spacial score (nSPS) is 10.8. The summed E-state index contributed by atoms with van der Waals surface area (Å²) in [6.45, 7) is 1.64. The number of nitrogens with one attached hydrogen (secondary N) is 1. The van der Waals surface area contributed by atoms with Gasteiger partial charge in [-0.15, -0.1) is 0 Å². The number of ether oxygens (including phenoxy) is 1. The lowest BCUT2D eigenvalue weighted by Crippen LogP contribution is -2.30. The summed E-state index contributed by atoms with van der Waals surface area (Å²) in [5.74, 6) is -2.55. The number of alkyl halides is 3. The number of halogens is 3. The Balaban J connectivity index is 2.63. The molecule has 0 aliphatic carbocycles. The fourth-order valence-electron chi connectivity index (χ4n) is 0.991. The number of anilines is 1. The van der Waals surface area contributed by atoms with Gasteiger partial charge in [-0.25, -0.2) is 9.59 Å². The van der Waals surface area contributed by atoms with Crippen LogP contribution < -0.4 is 5.32 Å². The number of carbonyl (C=O) groups is 2. The van der Waals surface area contributed by atoms with Crippen LogP contribution >= 0.6 is 0 Å². The summed E-state index contributed by atoms with van der Waals surface area (Å²) >= 11 is 0. The van der Waals surface area contributed by atoms with E-state index in [1.54, 1.807) is 25.1 Å². The third kappa shape index (κ3) is 3.78. The second-order valence-corrected chi connectivity index (χ2v) is 3.11. The summed E-state index contributed by atoms with van der Waals surface area (Å²) in [4.78, 5) is 21.3. The van der Waals surface area contributed by atoms with Crippen molar-refractivity contribution in [2.24, 2.45) is 0 Å². The number of hydrogen-bond acceptors (Lipinski definition) is 3. The molecule has 92 valence electrons. The van der Waals surface area contributed by atoms with Gasteiger partial charge in [-0.1, -0.05) is 18.2 Å². The first-order valence-electron chi connectivity index (χ1n) is 4.46. The third-order valence-corrected chi connectivity index (χ3v) is 1.80. The average molecular weight is 247 g/mol. The van der Waals surface area contributed by atoms with E-state index in [2.05, 4.69) is 4.74 Å². The minimum atomic E-state index is -5.19. The molecule has 0 unspecified atom stereocenters. The van der Waals surface area contributed by atoms with E-state index in [1.165, 1.54) is 6.07 Å². The number of carbonyl (C=O) groups excluding carboxylic acids is 2. The van der Waals surface area contributed by atoms with Gasteiger partial charge in [-0.2, -0.15) is 13.2 Å². The molecule has 0 saturated carbocycles. The van der Waals surface area contributed by atoms with Crippen LogP contribution in [0.2, 0.25) is 0 Å². The minimum absolute atomic E-state index is 0.271. The molecule has 0 radical (unpaired) electrons. The van der Waals surface area contributed by atoms with Gasteiger partial charge >= 0.3 is 18.2 Å². The summed E-state index contributed by atoms with van der Waals surface area (Å²) < 4.78 is 38.9. The Morgan fingerprint density at radius 1 is 1.24 bits per heavy atom. The number of esters is 1. The molecular weight excluding hydrogens is 239 g/mol. The smallest absolute Gasteiger partial charge is 0.369 e. The molecule has 0 aromatic heterocycles. The molecule has 1 rings (SSSR count). The first-order chi connectivity index (χ1) is 7.80. The number of hydrogen-bond donors (Lipinski definition) is 1. The van der Waals surface area contributed by atoms with Crippen molar-refractivity contribution in [3.8, 4) is 0 Å². The van der Waals surface area contributed by atoms with Crippen molar-refractivity contribution in [2.45, 2.75) is 13.1 Å². The summed E-state index contributed by atoms with van der Waals surface area (Å²) in [6.07, 6.45) is -6.66. The lowest BCUT2D eigenvalue weighted by molar-refractivity contribution is -0.192. The van der Waals surface area contributed by atoms with E-state index in [4.69, 9.17) is 0 Å². The summed E-state index contributed by atoms with van der Waals surface area (Å²) in [7, 11) is 0. The largest absolute Gasteiger partial charge is 0.491 e. The monoisotopic (exact) mass is 247 g/mol. The number of aryl methyl sites for hydroxylation is 1. The average Bonchev–Trinajstić information content (AvgIpc) is 2.20. The highest BCUT2D eigenvalue weighted by molar-refractivity contribution is 5.95. The van der Waals surface area contributed by atoms with Crippen LogP contribution in [0.4, 0.5) is 23.7 Å². The maximum absolute atomic E-state index is 11.8. The Morgan fingerprint density at radius 2 is 1.82 bits per heavy atom. The van der Waals surface area contributed by atoms with E-state index in [-0.39, 0.29) is 5.69 Å². The fourth-order valence-corrected chi connectivity index (χ4v) is 0.991. The van der Waals surface area contributed by atoms with E-state index in [1.807, 2.05) is 5.32 Å². The Hall–Kier alpha value is -2.05. The molecule has 1 aromatic carbocycles. The predicted octanol–water partition coefficient (Wildman–Crippen LogP) is 2.63. The third-order valence-electron chi connectivity index (χ3n) is 1.80. The van der Waals surface area contributed by atoms with Gasteiger partial charge in [0.05, 0.1) is 0 Å². The lowest BCUT2D eigenvalue weighted by Gasteiger charge is -2.08. The van der Waals surface area contributed by atoms with Gasteiger partial charge in [0, 0.05) is 5.69 Å². The van der Waals surface area contributed by atoms with Gasteiger partial charge < -0.3 is 4.74 Å². The van der Waals surface area contributed by atoms with E-state index < -0.39 is 18.2 Å². The molecule has 4 nitrogen and oxygen atoms in total. The van der Waals surface area contributed by atoms with Crippen LogP contribution in [-0.4, -0.2) is 18.2 Å². The summed E-state index contributed by atoms with van der Waals surface area (Å²) in [6, 6.07) is 6.37. The van der Waals surface area contributed by atoms with Gasteiger partial charge in [0.1, 0.15) is 0 Å². The molecule has 0 spiro atoms. The number of amides is 1. The Kier molecular flexibility index (Phi) is 3.72. The molecule has 0 aliphatic rings. The molecule has 0 bridgehead atoms. The number of para-hydroxylation sites is 1. The van der Waals surface area contributed by atoms with Gasteiger partial charge in [0.2, 0.25) is 0 Å².